The maximum atomic E-state index is 12.0. The standard InChI is InChI=1S/C33H65NO2/c1-3-5-7-9-11-13-15-17-19-21-23-25-27-29-32(35)31-34-33(36)30-28-26-24-22-20-18-16-14-12-10-8-6-4-2/h27,29,32,35H,3-26,28,30-31H2,1-2H3,(H,34,36)/b29-27+/t32-/m1/s1. The summed E-state index contributed by atoms with van der Waals surface area (Å²) in [5.41, 5.74) is 0. The average Bonchev–Trinajstić information content (AvgIpc) is 2.88. The molecule has 1 atom stereocenters. The van der Waals surface area contributed by atoms with Gasteiger partial charge >= 0.3 is 0 Å². The van der Waals surface area contributed by atoms with E-state index in [1.54, 1.807) is 0 Å². The SMILES string of the molecule is CCCCCCCCCCCCC/C=C/[C@@H](O)CNC(=O)CCCCCCCCCCCCCCC. The van der Waals surface area contributed by atoms with Crippen molar-refractivity contribution in [1.29, 1.82) is 0 Å². The molecule has 0 aliphatic carbocycles. The molecule has 0 fully saturated rings. The third-order valence-electron chi connectivity index (χ3n) is 7.35. The molecule has 0 heterocycles. The number of hydrogen-bond donors (Lipinski definition) is 2. The van der Waals surface area contributed by atoms with Crippen molar-refractivity contribution in [3.8, 4) is 0 Å². The van der Waals surface area contributed by atoms with Gasteiger partial charge in [0.1, 0.15) is 0 Å². The van der Waals surface area contributed by atoms with Crippen LogP contribution in [0.15, 0.2) is 12.2 Å². The average molecular weight is 508 g/mol. The smallest absolute Gasteiger partial charge is 0.220 e. The van der Waals surface area contributed by atoms with E-state index in [0.29, 0.717) is 13.0 Å². The molecule has 0 aliphatic heterocycles. The van der Waals surface area contributed by atoms with Gasteiger partial charge in [-0.2, -0.15) is 0 Å². The fraction of sp³-hybridized carbons (Fsp3) is 0.909. The number of amides is 1. The van der Waals surface area contributed by atoms with E-state index in [1.165, 1.54) is 141 Å². The molecule has 0 aromatic heterocycles. The van der Waals surface area contributed by atoms with E-state index in [0.717, 1.165) is 19.3 Å². The Bertz CT molecular complexity index is 463. The van der Waals surface area contributed by atoms with Crippen LogP contribution in [0.25, 0.3) is 0 Å². The van der Waals surface area contributed by atoms with Crippen LogP contribution in [-0.4, -0.2) is 23.7 Å². The van der Waals surface area contributed by atoms with Crippen molar-refractivity contribution in [1.82, 2.24) is 5.32 Å². The first kappa shape index (κ1) is 35.2. The Balaban J connectivity index is 3.35. The van der Waals surface area contributed by atoms with Crippen LogP contribution in [0.1, 0.15) is 181 Å². The Morgan fingerprint density at radius 1 is 0.583 bits per heavy atom. The third-order valence-corrected chi connectivity index (χ3v) is 7.35. The lowest BCUT2D eigenvalue weighted by atomic mass is 10.0. The number of hydrogen-bond acceptors (Lipinski definition) is 2. The molecule has 0 aromatic carbocycles. The fourth-order valence-corrected chi connectivity index (χ4v) is 4.86. The van der Waals surface area contributed by atoms with Crippen LogP contribution in [0.3, 0.4) is 0 Å². The third kappa shape index (κ3) is 29.4. The van der Waals surface area contributed by atoms with E-state index in [2.05, 4.69) is 25.2 Å². The maximum Gasteiger partial charge on any atom is 0.220 e. The highest BCUT2D eigenvalue weighted by atomic mass is 16.3. The van der Waals surface area contributed by atoms with Crippen LogP contribution in [0.4, 0.5) is 0 Å². The van der Waals surface area contributed by atoms with Gasteiger partial charge < -0.3 is 10.4 Å². The van der Waals surface area contributed by atoms with Crippen molar-refractivity contribution < 1.29 is 9.90 Å². The molecule has 0 unspecified atom stereocenters. The van der Waals surface area contributed by atoms with Crippen LogP contribution < -0.4 is 5.32 Å². The second-order valence-electron chi connectivity index (χ2n) is 11.1. The van der Waals surface area contributed by atoms with Gasteiger partial charge in [-0.05, 0) is 19.3 Å². The molecular formula is C33H65NO2. The Hall–Kier alpha value is -0.830. The zero-order chi connectivity index (χ0) is 26.4. The molecule has 0 spiro atoms. The highest BCUT2D eigenvalue weighted by molar-refractivity contribution is 5.75. The van der Waals surface area contributed by atoms with Gasteiger partial charge in [0.2, 0.25) is 5.91 Å². The van der Waals surface area contributed by atoms with Gasteiger partial charge in [-0.25, -0.2) is 0 Å². The fourth-order valence-electron chi connectivity index (χ4n) is 4.86. The minimum Gasteiger partial charge on any atom is -0.387 e. The lowest BCUT2D eigenvalue weighted by molar-refractivity contribution is -0.121. The van der Waals surface area contributed by atoms with Crippen LogP contribution in [0.5, 0.6) is 0 Å². The summed E-state index contributed by atoms with van der Waals surface area (Å²) in [5.74, 6) is 0.0795. The number of nitrogens with one attached hydrogen (secondary N) is 1. The number of aliphatic hydroxyl groups is 1. The van der Waals surface area contributed by atoms with Gasteiger partial charge in [-0.15, -0.1) is 0 Å². The van der Waals surface area contributed by atoms with E-state index in [4.69, 9.17) is 0 Å². The molecule has 0 rings (SSSR count). The molecular weight excluding hydrogens is 442 g/mol. The van der Waals surface area contributed by atoms with Gasteiger partial charge in [-0.1, -0.05) is 167 Å². The Morgan fingerprint density at radius 3 is 1.36 bits per heavy atom. The largest absolute Gasteiger partial charge is 0.387 e. The van der Waals surface area contributed by atoms with E-state index in [-0.39, 0.29) is 5.91 Å². The predicted molar refractivity (Wildman–Crippen MR) is 160 cm³/mol. The second-order valence-corrected chi connectivity index (χ2v) is 11.1. The zero-order valence-corrected chi connectivity index (χ0v) is 24.7. The Kier molecular flexibility index (Phi) is 29.7. The van der Waals surface area contributed by atoms with Crippen LogP contribution >= 0.6 is 0 Å². The van der Waals surface area contributed by atoms with Gasteiger partial charge in [0.15, 0.2) is 0 Å². The molecule has 1 amide bonds. The zero-order valence-electron chi connectivity index (χ0n) is 24.7. The van der Waals surface area contributed by atoms with Crippen molar-refractivity contribution >= 4 is 5.91 Å². The van der Waals surface area contributed by atoms with Gasteiger partial charge in [-0.3, -0.25) is 4.79 Å². The molecule has 2 N–H and O–H groups in total. The van der Waals surface area contributed by atoms with Crippen molar-refractivity contribution in [3.63, 3.8) is 0 Å². The first-order valence-corrected chi connectivity index (χ1v) is 16.3. The summed E-state index contributed by atoms with van der Waals surface area (Å²) in [4.78, 5) is 12.0. The summed E-state index contributed by atoms with van der Waals surface area (Å²) in [6.07, 6.45) is 37.1. The predicted octanol–water partition coefficient (Wildman–Crippen LogP) is 10.2. The number of aliphatic hydroxyl groups excluding tert-OH is 1. The molecule has 0 aliphatic rings. The lowest BCUT2D eigenvalue weighted by Crippen LogP contribution is -2.30. The number of carbonyl (C=O) groups is 1. The van der Waals surface area contributed by atoms with Crippen LogP contribution in [-0.2, 0) is 4.79 Å². The molecule has 0 radical (unpaired) electrons. The summed E-state index contributed by atoms with van der Waals surface area (Å²) in [6.45, 7) is 4.89. The van der Waals surface area contributed by atoms with E-state index in [1.807, 2.05) is 6.08 Å². The van der Waals surface area contributed by atoms with Crippen molar-refractivity contribution in [3.05, 3.63) is 12.2 Å². The first-order valence-electron chi connectivity index (χ1n) is 16.3. The van der Waals surface area contributed by atoms with Crippen LogP contribution in [0, 0.1) is 0 Å². The molecule has 0 saturated heterocycles. The summed E-state index contributed by atoms with van der Waals surface area (Å²) < 4.78 is 0. The minimum absolute atomic E-state index is 0.0795. The van der Waals surface area contributed by atoms with Gasteiger partial charge in [0.25, 0.3) is 0 Å². The van der Waals surface area contributed by atoms with Crippen molar-refractivity contribution in [2.45, 2.75) is 187 Å². The Morgan fingerprint density at radius 2 is 0.944 bits per heavy atom. The molecule has 3 nitrogen and oxygen atoms in total. The van der Waals surface area contributed by atoms with E-state index >= 15 is 0 Å². The topological polar surface area (TPSA) is 49.3 Å². The van der Waals surface area contributed by atoms with E-state index in [9.17, 15) is 9.90 Å². The number of allylic oxidation sites excluding steroid dienone is 1. The minimum atomic E-state index is -0.562. The number of unbranched alkanes of at least 4 members (excludes halogenated alkanes) is 23. The lowest BCUT2D eigenvalue weighted by Gasteiger charge is -2.08. The van der Waals surface area contributed by atoms with Crippen LogP contribution in [0.2, 0.25) is 0 Å². The molecule has 3 heteroatoms. The molecule has 0 aromatic rings. The monoisotopic (exact) mass is 508 g/mol. The summed E-state index contributed by atoms with van der Waals surface area (Å²) in [6, 6.07) is 0. The molecule has 0 bridgehead atoms. The quantitative estimate of drug-likeness (QED) is 0.0781. The first-order chi connectivity index (χ1) is 17.7. The number of carbonyl (C=O) groups excluding carboxylic acids is 1. The highest BCUT2D eigenvalue weighted by Gasteiger charge is 2.04. The van der Waals surface area contributed by atoms with Gasteiger partial charge in [0, 0.05) is 13.0 Å². The van der Waals surface area contributed by atoms with Crippen molar-refractivity contribution in [2.24, 2.45) is 0 Å². The molecule has 0 saturated carbocycles. The van der Waals surface area contributed by atoms with Gasteiger partial charge in [0.05, 0.1) is 6.10 Å². The Labute approximate surface area is 226 Å². The maximum absolute atomic E-state index is 12.0. The number of rotatable bonds is 29. The van der Waals surface area contributed by atoms with E-state index < -0.39 is 6.10 Å². The summed E-state index contributed by atoms with van der Waals surface area (Å²) in [5, 5.41) is 12.9. The second kappa shape index (κ2) is 30.4. The summed E-state index contributed by atoms with van der Waals surface area (Å²) >= 11 is 0. The highest BCUT2D eigenvalue weighted by Crippen LogP contribution is 2.14. The molecule has 36 heavy (non-hydrogen) atoms. The normalized spacial score (nSPS) is 12.4. The summed E-state index contributed by atoms with van der Waals surface area (Å²) in [7, 11) is 0. The molecule has 214 valence electrons. The van der Waals surface area contributed by atoms with Crippen molar-refractivity contribution in [2.75, 3.05) is 6.54 Å².